The van der Waals surface area contributed by atoms with E-state index in [1.165, 1.54) is 0 Å². The van der Waals surface area contributed by atoms with E-state index in [0.717, 1.165) is 37.1 Å². The molecule has 9 heteroatoms. The minimum Gasteiger partial charge on any atom is -0.459 e. The fourth-order valence-electron chi connectivity index (χ4n) is 3.61. The molecule has 0 saturated carbocycles. The molecular formula is C21H27N7O2. The van der Waals surface area contributed by atoms with Gasteiger partial charge in [0.15, 0.2) is 5.65 Å². The van der Waals surface area contributed by atoms with Crippen LogP contribution in [0, 0.1) is 0 Å². The Morgan fingerprint density at radius 1 is 1.37 bits per heavy atom. The lowest BCUT2D eigenvalue weighted by molar-refractivity contribution is 0.0999. The van der Waals surface area contributed by atoms with Crippen molar-refractivity contribution in [2.75, 3.05) is 18.4 Å². The lowest BCUT2D eigenvalue weighted by Crippen LogP contribution is -2.37. The first-order chi connectivity index (χ1) is 14.5. The second kappa shape index (κ2) is 8.66. The van der Waals surface area contributed by atoms with E-state index >= 15 is 0 Å². The highest BCUT2D eigenvalue weighted by Crippen LogP contribution is 2.24. The Morgan fingerprint density at radius 3 is 2.93 bits per heavy atom. The van der Waals surface area contributed by atoms with Crippen molar-refractivity contribution in [1.82, 2.24) is 24.9 Å². The van der Waals surface area contributed by atoms with Crippen LogP contribution in [0.4, 0.5) is 5.95 Å². The monoisotopic (exact) mass is 409 g/mol. The van der Waals surface area contributed by atoms with Gasteiger partial charge in [-0.3, -0.25) is 4.79 Å². The van der Waals surface area contributed by atoms with Gasteiger partial charge in [0, 0.05) is 24.2 Å². The number of nitrogens with zero attached hydrogens (tertiary/aromatic N) is 4. The zero-order valence-electron chi connectivity index (χ0n) is 17.3. The van der Waals surface area contributed by atoms with Crippen molar-refractivity contribution >= 4 is 17.5 Å². The molecule has 1 atom stereocenters. The third-order valence-corrected chi connectivity index (χ3v) is 5.24. The van der Waals surface area contributed by atoms with Crippen LogP contribution in [0.5, 0.6) is 6.01 Å². The molecule has 3 aromatic rings. The van der Waals surface area contributed by atoms with Crippen LogP contribution >= 0.6 is 0 Å². The van der Waals surface area contributed by atoms with E-state index in [0.29, 0.717) is 29.7 Å². The van der Waals surface area contributed by atoms with Crippen LogP contribution in [0.3, 0.4) is 0 Å². The van der Waals surface area contributed by atoms with Gasteiger partial charge < -0.3 is 21.1 Å². The van der Waals surface area contributed by atoms with E-state index in [-0.39, 0.29) is 12.0 Å². The van der Waals surface area contributed by atoms with E-state index in [1.54, 1.807) is 16.6 Å². The van der Waals surface area contributed by atoms with Crippen molar-refractivity contribution in [1.29, 1.82) is 0 Å². The summed E-state index contributed by atoms with van der Waals surface area (Å²) in [7, 11) is 0. The van der Waals surface area contributed by atoms with Crippen LogP contribution in [0.1, 0.15) is 54.1 Å². The Labute approximate surface area is 175 Å². The van der Waals surface area contributed by atoms with Gasteiger partial charge in [-0.25, -0.2) is 0 Å². The lowest BCUT2D eigenvalue weighted by atomic mass is 10.1. The molecular weight excluding hydrogens is 382 g/mol. The Hall–Kier alpha value is -3.20. The standard InChI is InChI=1S/C21H27N7O2/c1-13(2)17-12-25-28-19(17)26-21(30-15-7-5-9-23-11-15)27-20(28)24-10-14-6-3-4-8-16(14)18(22)29/h3-4,6,8,12-13,15,23H,5,7,9-11H2,1-2H3,(H2,22,29)(H,24,26,27)/t15-/m1/s1. The largest absolute Gasteiger partial charge is 0.459 e. The number of rotatable bonds is 7. The number of hydrogen-bond acceptors (Lipinski definition) is 7. The summed E-state index contributed by atoms with van der Waals surface area (Å²) in [6.07, 6.45) is 3.87. The molecule has 4 N–H and O–H groups in total. The summed E-state index contributed by atoms with van der Waals surface area (Å²) in [5, 5.41) is 11.1. The van der Waals surface area contributed by atoms with Crippen LogP contribution in [0.25, 0.3) is 5.65 Å². The van der Waals surface area contributed by atoms with E-state index in [2.05, 4.69) is 39.5 Å². The zero-order valence-corrected chi connectivity index (χ0v) is 17.3. The topological polar surface area (TPSA) is 119 Å². The molecule has 30 heavy (non-hydrogen) atoms. The molecule has 1 aromatic carbocycles. The Morgan fingerprint density at radius 2 is 2.20 bits per heavy atom. The molecule has 1 fully saturated rings. The number of amides is 1. The average Bonchev–Trinajstić information content (AvgIpc) is 3.17. The number of carbonyl (C=O) groups excluding carboxylic acids is 1. The first-order valence-electron chi connectivity index (χ1n) is 10.3. The molecule has 9 nitrogen and oxygen atoms in total. The molecule has 1 saturated heterocycles. The molecule has 1 aliphatic heterocycles. The van der Waals surface area contributed by atoms with Gasteiger partial charge in [-0.2, -0.15) is 19.6 Å². The summed E-state index contributed by atoms with van der Waals surface area (Å²) in [6.45, 7) is 6.35. The maximum absolute atomic E-state index is 11.7. The first-order valence-corrected chi connectivity index (χ1v) is 10.3. The highest BCUT2D eigenvalue weighted by atomic mass is 16.5. The maximum atomic E-state index is 11.7. The van der Waals surface area contributed by atoms with Crippen molar-refractivity contribution in [3.63, 3.8) is 0 Å². The Kier molecular flexibility index (Phi) is 5.80. The van der Waals surface area contributed by atoms with Gasteiger partial charge in [0.25, 0.3) is 0 Å². The number of primary amides is 1. The van der Waals surface area contributed by atoms with Gasteiger partial charge in [-0.15, -0.1) is 0 Å². The molecule has 1 amide bonds. The number of piperidine rings is 1. The quantitative estimate of drug-likeness (QED) is 0.546. The second-order valence-electron chi connectivity index (χ2n) is 7.78. The zero-order chi connectivity index (χ0) is 21.1. The third-order valence-electron chi connectivity index (χ3n) is 5.24. The first kappa shape index (κ1) is 20.1. The third kappa shape index (κ3) is 4.20. The van der Waals surface area contributed by atoms with Crippen molar-refractivity contribution in [3.05, 3.63) is 47.2 Å². The van der Waals surface area contributed by atoms with Gasteiger partial charge >= 0.3 is 6.01 Å². The maximum Gasteiger partial charge on any atom is 0.322 e. The van der Waals surface area contributed by atoms with E-state index in [4.69, 9.17) is 10.5 Å². The number of anilines is 1. The molecule has 0 spiro atoms. The smallest absolute Gasteiger partial charge is 0.322 e. The van der Waals surface area contributed by atoms with Gasteiger partial charge in [-0.1, -0.05) is 32.0 Å². The molecule has 4 rings (SSSR count). The highest BCUT2D eigenvalue weighted by molar-refractivity contribution is 5.94. The molecule has 2 aromatic heterocycles. The number of carbonyl (C=O) groups is 1. The van der Waals surface area contributed by atoms with Crippen LogP contribution in [0.2, 0.25) is 0 Å². The molecule has 1 aliphatic rings. The molecule has 0 bridgehead atoms. The number of hydrogen-bond donors (Lipinski definition) is 3. The van der Waals surface area contributed by atoms with Crippen molar-refractivity contribution < 1.29 is 9.53 Å². The number of benzene rings is 1. The molecule has 0 aliphatic carbocycles. The molecule has 0 radical (unpaired) electrons. The molecule has 158 valence electrons. The van der Waals surface area contributed by atoms with Gasteiger partial charge in [-0.05, 0) is 36.9 Å². The van der Waals surface area contributed by atoms with Crippen LogP contribution in [-0.4, -0.2) is 44.7 Å². The lowest BCUT2D eigenvalue weighted by Gasteiger charge is -2.23. The fraction of sp³-hybridized carbons (Fsp3) is 0.429. The van der Waals surface area contributed by atoms with Crippen LogP contribution in [0.15, 0.2) is 30.5 Å². The van der Waals surface area contributed by atoms with Crippen molar-refractivity contribution in [2.45, 2.75) is 45.3 Å². The molecule has 3 heterocycles. The van der Waals surface area contributed by atoms with E-state index < -0.39 is 5.91 Å². The predicted octanol–water partition coefficient (Wildman–Crippen LogP) is 2.09. The number of nitrogens with one attached hydrogen (secondary N) is 2. The van der Waals surface area contributed by atoms with Crippen molar-refractivity contribution in [3.8, 4) is 6.01 Å². The summed E-state index contributed by atoms with van der Waals surface area (Å²) in [5.41, 5.74) is 8.49. The van der Waals surface area contributed by atoms with Crippen LogP contribution < -0.4 is 21.1 Å². The van der Waals surface area contributed by atoms with E-state index in [9.17, 15) is 4.79 Å². The minimum absolute atomic E-state index is 0.0371. The number of nitrogens with two attached hydrogens (primary N) is 1. The summed E-state index contributed by atoms with van der Waals surface area (Å²) in [5.74, 6) is 0.296. The predicted molar refractivity (Wildman–Crippen MR) is 114 cm³/mol. The summed E-state index contributed by atoms with van der Waals surface area (Å²) < 4.78 is 7.76. The second-order valence-corrected chi connectivity index (χ2v) is 7.78. The van der Waals surface area contributed by atoms with Gasteiger partial charge in [0.05, 0.1) is 6.20 Å². The summed E-state index contributed by atoms with van der Waals surface area (Å²) >= 11 is 0. The summed E-state index contributed by atoms with van der Waals surface area (Å²) in [4.78, 5) is 20.9. The van der Waals surface area contributed by atoms with E-state index in [1.807, 2.05) is 18.3 Å². The number of fused-ring (bicyclic) bond motifs is 1. The fourth-order valence-corrected chi connectivity index (χ4v) is 3.61. The SMILES string of the molecule is CC(C)c1cnn2c(NCc3ccccc3C(N)=O)nc(O[C@@H]3CCCNC3)nc12. The normalized spacial score (nSPS) is 16.7. The minimum atomic E-state index is -0.463. The van der Waals surface area contributed by atoms with Gasteiger partial charge in [0.2, 0.25) is 11.9 Å². The average molecular weight is 409 g/mol. The highest BCUT2D eigenvalue weighted by Gasteiger charge is 2.20. The van der Waals surface area contributed by atoms with Crippen molar-refractivity contribution in [2.24, 2.45) is 5.73 Å². The van der Waals surface area contributed by atoms with Gasteiger partial charge in [0.1, 0.15) is 6.10 Å². The number of aromatic nitrogens is 4. The molecule has 0 unspecified atom stereocenters. The Balaban J connectivity index is 1.66. The Bertz CT molecular complexity index is 1040. The number of ether oxygens (including phenoxy) is 1. The summed E-state index contributed by atoms with van der Waals surface area (Å²) in [6, 6.07) is 7.56. The van der Waals surface area contributed by atoms with Crippen LogP contribution in [-0.2, 0) is 6.54 Å².